The van der Waals surface area contributed by atoms with E-state index >= 15 is 0 Å². The van der Waals surface area contributed by atoms with Crippen molar-refractivity contribution < 1.29 is 26.7 Å². The van der Waals surface area contributed by atoms with E-state index < -0.39 is 38.0 Å². The summed E-state index contributed by atoms with van der Waals surface area (Å²) in [5.41, 5.74) is 0. The Kier molecular flexibility index (Phi) is 5.18. The quantitative estimate of drug-likeness (QED) is 0.570. The molecule has 0 amide bonds. The monoisotopic (exact) mass is 259 g/mol. The second kappa shape index (κ2) is 5.42. The second-order valence-electron chi connectivity index (χ2n) is 2.99. The van der Waals surface area contributed by atoms with Crippen molar-refractivity contribution in [2.75, 3.05) is 24.3 Å². The van der Waals surface area contributed by atoms with Crippen LogP contribution in [0.25, 0.3) is 0 Å². The first-order valence-corrected chi connectivity index (χ1v) is 7.70. The second-order valence-corrected chi connectivity index (χ2v) is 7.17. The van der Waals surface area contributed by atoms with Crippen molar-refractivity contribution in [3.63, 3.8) is 0 Å². The molecule has 0 spiro atoms. The molecule has 0 aliphatic heterocycles. The number of carbonyl (C=O) groups is 1. The van der Waals surface area contributed by atoms with Crippen LogP contribution in [0.3, 0.4) is 0 Å². The predicted molar refractivity (Wildman–Crippen MR) is 53.8 cm³/mol. The van der Waals surface area contributed by atoms with E-state index in [1.54, 1.807) is 0 Å². The zero-order valence-corrected chi connectivity index (χ0v) is 9.77. The lowest BCUT2D eigenvalue weighted by Crippen LogP contribution is -2.31. The molecule has 0 aliphatic rings. The number of aliphatic carboxylic acids is 1. The summed E-state index contributed by atoms with van der Waals surface area (Å²) in [4.78, 5) is 10.1. The van der Waals surface area contributed by atoms with Crippen LogP contribution in [-0.2, 0) is 24.7 Å². The first-order valence-electron chi connectivity index (χ1n) is 3.99. The van der Waals surface area contributed by atoms with E-state index in [0.29, 0.717) is 0 Å². The number of carboxylic acid groups (broad SMARTS) is 1. The van der Waals surface area contributed by atoms with E-state index in [-0.39, 0.29) is 12.3 Å². The van der Waals surface area contributed by atoms with E-state index in [2.05, 4.69) is 0 Å². The fraction of sp³-hybridized carbons (Fsp3) is 0.833. The van der Waals surface area contributed by atoms with Gasteiger partial charge in [0, 0.05) is 12.8 Å². The molecule has 0 saturated heterocycles. The van der Waals surface area contributed by atoms with Crippen LogP contribution in [0.1, 0.15) is 6.42 Å². The third kappa shape index (κ3) is 9.63. The van der Waals surface area contributed by atoms with Crippen LogP contribution < -0.4 is 4.72 Å². The Morgan fingerprint density at radius 1 is 1.20 bits per heavy atom. The van der Waals surface area contributed by atoms with Gasteiger partial charge in [-0.3, -0.25) is 4.79 Å². The lowest BCUT2D eigenvalue weighted by molar-refractivity contribution is -0.136. The first kappa shape index (κ1) is 14.3. The molecule has 0 bridgehead atoms. The molecule has 0 aromatic carbocycles. The first-order chi connectivity index (χ1) is 6.62. The maximum absolute atomic E-state index is 11.1. The van der Waals surface area contributed by atoms with Crippen molar-refractivity contribution in [3.8, 4) is 0 Å². The van der Waals surface area contributed by atoms with Crippen molar-refractivity contribution >= 4 is 25.8 Å². The highest BCUT2D eigenvalue weighted by molar-refractivity contribution is 7.91. The van der Waals surface area contributed by atoms with Gasteiger partial charge in [-0.25, -0.2) is 21.6 Å². The Balaban J connectivity index is 4.01. The van der Waals surface area contributed by atoms with Gasteiger partial charge < -0.3 is 5.11 Å². The van der Waals surface area contributed by atoms with Gasteiger partial charge >= 0.3 is 5.97 Å². The Morgan fingerprint density at radius 2 is 1.73 bits per heavy atom. The van der Waals surface area contributed by atoms with Crippen LogP contribution in [0.4, 0.5) is 0 Å². The fourth-order valence-electron chi connectivity index (χ4n) is 0.676. The average Bonchev–Trinajstić information content (AvgIpc) is 1.98. The molecule has 0 fully saturated rings. The fourth-order valence-corrected chi connectivity index (χ4v) is 2.28. The molecular weight excluding hydrogens is 246 g/mol. The maximum Gasteiger partial charge on any atom is 0.304 e. The van der Waals surface area contributed by atoms with E-state index in [9.17, 15) is 21.6 Å². The Labute approximate surface area is 88.5 Å². The minimum absolute atomic E-state index is 0.235. The summed E-state index contributed by atoms with van der Waals surface area (Å²) in [7, 11) is -6.92. The molecule has 0 atom stereocenters. The molecule has 0 rings (SSSR count). The number of sulfone groups is 1. The van der Waals surface area contributed by atoms with Gasteiger partial charge in [0.15, 0.2) is 0 Å². The topological polar surface area (TPSA) is 118 Å². The number of hydrogen-bond acceptors (Lipinski definition) is 5. The summed E-state index contributed by atoms with van der Waals surface area (Å²) >= 11 is 0. The zero-order valence-electron chi connectivity index (χ0n) is 8.13. The molecule has 7 nitrogen and oxygen atoms in total. The Hall–Kier alpha value is -0.670. The molecule has 0 unspecified atom stereocenters. The molecule has 15 heavy (non-hydrogen) atoms. The molecular formula is C6H13NO6S2. The van der Waals surface area contributed by atoms with Gasteiger partial charge in [-0.05, 0) is 0 Å². The van der Waals surface area contributed by atoms with E-state index in [1.165, 1.54) is 0 Å². The molecule has 90 valence electrons. The van der Waals surface area contributed by atoms with Gasteiger partial charge in [-0.2, -0.15) is 0 Å². The van der Waals surface area contributed by atoms with Crippen LogP contribution in [0.15, 0.2) is 0 Å². The standard InChI is InChI=1S/C6H13NO6S2/c1-14(10,11)5-3-7-15(12,13)4-2-6(8)9/h7H,2-5H2,1H3,(H,8,9). The summed E-state index contributed by atoms with van der Waals surface area (Å²) in [6.07, 6.45) is 0.479. The summed E-state index contributed by atoms with van der Waals surface area (Å²) in [5, 5.41) is 8.24. The third-order valence-corrected chi connectivity index (χ3v) is 3.71. The van der Waals surface area contributed by atoms with E-state index in [0.717, 1.165) is 6.26 Å². The van der Waals surface area contributed by atoms with Crippen LogP contribution >= 0.6 is 0 Å². The number of hydrogen-bond donors (Lipinski definition) is 2. The summed E-state index contributed by atoms with van der Waals surface area (Å²) in [6.45, 7) is -0.235. The predicted octanol–water partition coefficient (Wildman–Crippen LogP) is -1.57. The highest BCUT2D eigenvalue weighted by atomic mass is 32.2. The number of sulfonamides is 1. The minimum atomic E-state index is -3.69. The minimum Gasteiger partial charge on any atom is -0.481 e. The Bertz CT molecular complexity index is 409. The third-order valence-electron chi connectivity index (χ3n) is 1.38. The lowest BCUT2D eigenvalue weighted by atomic mass is 10.5. The van der Waals surface area contributed by atoms with Crippen LogP contribution in [-0.4, -0.2) is 52.2 Å². The van der Waals surface area contributed by atoms with Gasteiger partial charge in [0.2, 0.25) is 10.0 Å². The highest BCUT2D eigenvalue weighted by Crippen LogP contribution is 1.90. The van der Waals surface area contributed by atoms with Crippen molar-refractivity contribution in [2.24, 2.45) is 0 Å². The molecule has 0 heterocycles. The lowest BCUT2D eigenvalue weighted by Gasteiger charge is -2.03. The molecule has 0 aromatic heterocycles. The smallest absolute Gasteiger partial charge is 0.304 e. The number of carboxylic acids is 1. The van der Waals surface area contributed by atoms with E-state index in [1.807, 2.05) is 4.72 Å². The molecule has 0 saturated carbocycles. The van der Waals surface area contributed by atoms with E-state index in [4.69, 9.17) is 5.11 Å². The van der Waals surface area contributed by atoms with Crippen molar-refractivity contribution in [1.82, 2.24) is 4.72 Å². The van der Waals surface area contributed by atoms with Crippen molar-refractivity contribution in [1.29, 1.82) is 0 Å². The average molecular weight is 259 g/mol. The van der Waals surface area contributed by atoms with Crippen molar-refractivity contribution in [2.45, 2.75) is 6.42 Å². The normalized spacial score (nSPS) is 12.6. The number of rotatable bonds is 7. The molecule has 0 aliphatic carbocycles. The van der Waals surface area contributed by atoms with Gasteiger partial charge in [0.25, 0.3) is 0 Å². The maximum atomic E-state index is 11.1. The van der Waals surface area contributed by atoms with Crippen LogP contribution in [0.2, 0.25) is 0 Å². The summed E-state index contributed by atoms with van der Waals surface area (Å²) in [6, 6.07) is 0. The van der Waals surface area contributed by atoms with Gasteiger partial charge in [-0.15, -0.1) is 0 Å². The molecule has 2 N–H and O–H groups in total. The summed E-state index contributed by atoms with van der Waals surface area (Å²) in [5.74, 6) is -2.07. The molecule has 0 radical (unpaired) electrons. The number of nitrogens with one attached hydrogen (secondary N) is 1. The van der Waals surface area contributed by atoms with Gasteiger partial charge in [-0.1, -0.05) is 0 Å². The summed E-state index contributed by atoms with van der Waals surface area (Å²) < 4.78 is 45.4. The van der Waals surface area contributed by atoms with Crippen molar-refractivity contribution in [3.05, 3.63) is 0 Å². The van der Waals surface area contributed by atoms with Gasteiger partial charge in [0.05, 0.1) is 17.9 Å². The molecule has 9 heteroatoms. The molecule has 0 aromatic rings. The van der Waals surface area contributed by atoms with Gasteiger partial charge in [0.1, 0.15) is 9.84 Å². The SMILES string of the molecule is CS(=O)(=O)CCNS(=O)(=O)CCC(=O)O. The van der Waals surface area contributed by atoms with Crippen LogP contribution in [0.5, 0.6) is 0 Å². The van der Waals surface area contributed by atoms with Crippen LogP contribution in [0, 0.1) is 0 Å². The zero-order chi connectivity index (χ0) is 12.1. The highest BCUT2D eigenvalue weighted by Gasteiger charge is 2.13. The Morgan fingerprint density at radius 3 is 2.13 bits per heavy atom. The largest absolute Gasteiger partial charge is 0.481 e.